The first-order valence-corrected chi connectivity index (χ1v) is 6.45. The fourth-order valence-electron chi connectivity index (χ4n) is 1.41. The third-order valence-corrected chi connectivity index (χ3v) is 3.62. The number of Topliss-reactive ketones (excluding diaryl/α,β-unsaturated/α-hetero) is 1. The summed E-state index contributed by atoms with van der Waals surface area (Å²) in [6.45, 7) is 2.00. The number of aryl methyl sites for hydroxylation is 1. The average molecular weight is 296 g/mol. The monoisotopic (exact) mass is 295 g/mol. The Hall–Kier alpha value is -1.000. The topological polar surface area (TPSA) is 30.0 Å². The molecule has 0 aliphatic carbocycles. The van der Waals surface area contributed by atoms with Gasteiger partial charge in [-0.05, 0) is 46.6 Å². The molecule has 0 N–H and O–H groups in total. The summed E-state index contributed by atoms with van der Waals surface area (Å²) in [7, 11) is 0. The molecule has 2 aromatic rings. The lowest BCUT2D eigenvalue weighted by atomic mass is 10.1. The molecular formula is C12H10BrNOS. The van der Waals surface area contributed by atoms with Crippen molar-refractivity contribution in [3.63, 3.8) is 0 Å². The highest BCUT2D eigenvalue weighted by molar-refractivity contribution is 9.10. The SMILES string of the molecule is Cc1ccc(C(=O)Cc2cncc(Br)c2)s1. The van der Waals surface area contributed by atoms with Crippen LogP contribution in [0.1, 0.15) is 20.1 Å². The number of carbonyl (C=O) groups is 1. The van der Waals surface area contributed by atoms with E-state index in [4.69, 9.17) is 0 Å². The number of aromatic nitrogens is 1. The zero-order chi connectivity index (χ0) is 11.5. The third-order valence-electron chi connectivity index (χ3n) is 2.14. The minimum absolute atomic E-state index is 0.151. The van der Waals surface area contributed by atoms with E-state index in [2.05, 4.69) is 20.9 Å². The van der Waals surface area contributed by atoms with Crippen LogP contribution in [-0.2, 0) is 6.42 Å². The number of carbonyl (C=O) groups excluding carboxylic acids is 1. The van der Waals surface area contributed by atoms with Gasteiger partial charge in [-0.3, -0.25) is 9.78 Å². The lowest BCUT2D eigenvalue weighted by molar-refractivity contribution is 0.0996. The summed E-state index contributed by atoms with van der Waals surface area (Å²) in [5.41, 5.74) is 0.936. The highest BCUT2D eigenvalue weighted by Gasteiger charge is 2.09. The number of nitrogens with zero attached hydrogens (tertiary/aromatic N) is 1. The largest absolute Gasteiger partial charge is 0.293 e. The van der Waals surface area contributed by atoms with E-state index in [-0.39, 0.29) is 5.78 Å². The Bertz CT molecular complexity index is 521. The Balaban J connectivity index is 2.13. The Morgan fingerprint density at radius 1 is 1.44 bits per heavy atom. The van der Waals surface area contributed by atoms with Crippen LogP contribution < -0.4 is 0 Å². The molecule has 0 spiro atoms. The first kappa shape index (κ1) is 11.5. The molecule has 0 aliphatic rings. The van der Waals surface area contributed by atoms with E-state index >= 15 is 0 Å². The summed E-state index contributed by atoms with van der Waals surface area (Å²) in [4.78, 5) is 17.9. The highest BCUT2D eigenvalue weighted by Crippen LogP contribution is 2.18. The van der Waals surface area contributed by atoms with Crippen molar-refractivity contribution in [1.29, 1.82) is 0 Å². The second-order valence-electron chi connectivity index (χ2n) is 3.52. The number of thiophene rings is 1. The molecule has 0 atom stereocenters. The number of halogens is 1. The van der Waals surface area contributed by atoms with Gasteiger partial charge >= 0.3 is 0 Å². The molecule has 2 nitrogen and oxygen atoms in total. The molecule has 0 radical (unpaired) electrons. The van der Waals surface area contributed by atoms with E-state index in [0.717, 1.165) is 19.8 Å². The summed E-state index contributed by atoms with van der Waals surface area (Å²) in [6, 6.07) is 5.77. The van der Waals surface area contributed by atoms with E-state index in [9.17, 15) is 4.79 Å². The van der Waals surface area contributed by atoms with Gasteiger partial charge in [0.1, 0.15) is 0 Å². The van der Waals surface area contributed by atoms with Crippen molar-refractivity contribution in [2.24, 2.45) is 0 Å². The van der Waals surface area contributed by atoms with Gasteiger partial charge in [0.15, 0.2) is 5.78 Å². The van der Waals surface area contributed by atoms with Gasteiger partial charge in [-0.1, -0.05) is 0 Å². The first-order valence-electron chi connectivity index (χ1n) is 4.84. The first-order chi connectivity index (χ1) is 7.65. The van der Waals surface area contributed by atoms with Gasteiger partial charge in [-0.25, -0.2) is 0 Å². The smallest absolute Gasteiger partial charge is 0.177 e. The Morgan fingerprint density at radius 3 is 2.88 bits per heavy atom. The van der Waals surface area contributed by atoms with Crippen LogP contribution in [0.2, 0.25) is 0 Å². The fraction of sp³-hybridized carbons (Fsp3) is 0.167. The number of hydrogen-bond acceptors (Lipinski definition) is 3. The number of hydrogen-bond donors (Lipinski definition) is 0. The van der Waals surface area contributed by atoms with Crippen LogP contribution in [0.4, 0.5) is 0 Å². The van der Waals surface area contributed by atoms with Crippen molar-refractivity contribution in [3.05, 3.63) is 50.4 Å². The molecule has 0 aromatic carbocycles. The number of rotatable bonds is 3. The minimum atomic E-state index is 0.151. The van der Waals surface area contributed by atoms with E-state index in [1.54, 1.807) is 12.4 Å². The lowest BCUT2D eigenvalue weighted by Gasteiger charge is -1.99. The van der Waals surface area contributed by atoms with Gasteiger partial charge in [-0.2, -0.15) is 0 Å². The van der Waals surface area contributed by atoms with Crippen LogP contribution in [0, 0.1) is 6.92 Å². The molecular weight excluding hydrogens is 286 g/mol. The Morgan fingerprint density at radius 2 is 2.25 bits per heavy atom. The van der Waals surface area contributed by atoms with Crippen molar-refractivity contribution in [2.45, 2.75) is 13.3 Å². The number of pyridine rings is 1. The van der Waals surface area contributed by atoms with Crippen molar-refractivity contribution in [1.82, 2.24) is 4.98 Å². The van der Waals surface area contributed by atoms with Gasteiger partial charge < -0.3 is 0 Å². The van der Waals surface area contributed by atoms with Crippen LogP contribution in [0.3, 0.4) is 0 Å². The number of ketones is 1. The molecule has 16 heavy (non-hydrogen) atoms. The van der Waals surface area contributed by atoms with Gasteiger partial charge in [-0.15, -0.1) is 11.3 Å². The van der Waals surface area contributed by atoms with Crippen molar-refractivity contribution < 1.29 is 4.79 Å². The van der Waals surface area contributed by atoms with Gasteiger partial charge in [0.05, 0.1) is 4.88 Å². The lowest BCUT2D eigenvalue weighted by Crippen LogP contribution is -2.01. The molecule has 0 unspecified atom stereocenters. The van der Waals surface area contributed by atoms with E-state index < -0.39 is 0 Å². The average Bonchev–Trinajstić information content (AvgIpc) is 2.65. The van der Waals surface area contributed by atoms with Crippen molar-refractivity contribution in [2.75, 3.05) is 0 Å². The molecule has 0 saturated heterocycles. The summed E-state index contributed by atoms with van der Waals surface area (Å²) in [5.74, 6) is 0.151. The molecule has 0 amide bonds. The van der Waals surface area contributed by atoms with Crippen molar-refractivity contribution >= 4 is 33.0 Å². The second kappa shape index (κ2) is 4.89. The highest BCUT2D eigenvalue weighted by atomic mass is 79.9. The summed E-state index contributed by atoms with van der Waals surface area (Å²) < 4.78 is 0.903. The van der Waals surface area contributed by atoms with Crippen LogP contribution >= 0.6 is 27.3 Å². The predicted molar refractivity (Wildman–Crippen MR) is 69.0 cm³/mol. The summed E-state index contributed by atoms with van der Waals surface area (Å²) in [6.07, 6.45) is 3.85. The molecule has 4 heteroatoms. The molecule has 0 fully saturated rings. The molecule has 0 aliphatic heterocycles. The summed E-state index contributed by atoms with van der Waals surface area (Å²) >= 11 is 4.88. The molecule has 82 valence electrons. The normalized spacial score (nSPS) is 10.4. The maximum Gasteiger partial charge on any atom is 0.177 e. The van der Waals surface area contributed by atoms with Gasteiger partial charge in [0.2, 0.25) is 0 Å². The maximum absolute atomic E-state index is 11.9. The molecule has 0 bridgehead atoms. The zero-order valence-electron chi connectivity index (χ0n) is 8.74. The maximum atomic E-state index is 11.9. The van der Waals surface area contributed by atoms with E-state index in [1.165, 1.54) is 11.3 Å². The molecule has 2 heterocycles. The zero-order valence-corrected chi connectivity index (χ0v) is 11.1. The van der Waals surface area contributed by atoms with Crippen LogP contribution in [0.15, 0.2) is 35.1 Å². The Kier molecular flexibility index (Phi) is 3.51. The second-order valence-corrected chi connectivity index (χ2v) is 5.73. The minimum Gasteiger partial charge on any atom is -0.293 e. The van der Waals surface area contributed by atoms with Crippen LogP contribution in [0.25, 0.3) is 0 Å². The van der Waals surface area contributed by atoms with E-state index in [1.807, 2.05) is 25.1 Å². The quantitative estimate of drug-likeness (QED) is 0.809. The standard InChI is InChI=1S/C12H10BrNOS/c1-8-2-3-12(16-8)11(15)5-9-4-10(13)7-14-6-9/h2-4,6-7H,5H2,1H3. The fourth-order valence-corrected chi connectivity index (χ4v) is 2.63. The van der Waals surface area contributed by atoms with Crippen LogP contribution in [0.5, 0.6) is 0 Å². The van der Waals surface area contributed by atoms with Gasteiger partial charge in [0, 0.05) is 28.2 Å². The van der Waals surface area contributed by atoms with E-state index in [0.29, 0.717) is 6.42 Å². The summed E-state index contributed by atoms with van der Waals surface area (Å²) in [5, 5.41) is 0. The van der Waals surface area contributed by atoms with Crippen LogP contribution in [-0.4, -0.2) is 10.8 Å². The van der Waals surface area contributed by atoms with Gasteiger partial charge in [0.25, 0.3) is 0 Å². The molecule has 0 saturated carbocycles. The Labute approximate surface area is 106 Å². The third kappa shape index (κ3) is 2.77. The van der Waals surface area contributed by atoms with Crippen molar-refractivity contribution in [3.8, 4) is 0 Å². The molecule has 2 rings (SSSR count). The molecule has 2 aromatic heterocycles. The predicted octanol–water partition coefficient (Wildman–Crippen LogP) is 3.64.